The zero-order valence-corrected chi connectivity index (χ0v) is 14.7. The SMILES string of the molecule is CN(Cc1ccccc1)C(=O)C1CCCN(Cc2cccc(F)c2)C1. The lowest BCUT2D eigenvalue weighted by Gasteiger charge is -2.34. The zero-order valence-electron chi connectivity index (χ0n) is 14.7. The predicted molar refractivity (Wildman–Crippen MR) is 97.3 cm³/mol. The number of halogens is 1. The summed E-state index contributed by atoms with van der Waals surface area (Å²) in [5.74, 6) is 0.0218. The molecule has 0 aromatic heterocycles. The van der Waals surface area contributed by atoms with Gasteiger partial charge in [0.2, 0.25) is 5.91 Å². The van der Waals surface area contributed by atoms with Gasteiger partial charge in [0.15, 0.2) is 0 Å². The smallest absolute Gasteiger partial charge is 0.227 e. The summed E-state index contributed by atoms with van der Waals surface area (Å²) in [6.07, 6.45) is 1.93. The summed E-state index contributed by atoms with van der Waals surface area (Å²) in [5.41, 5.74) is 2.11. The molecule has 0 N–H and O–H groups in total. The van der Waals surface area contributed by atoms with Gasteiger partial charge in [0.1, 0.15) is 5.82 Å². The summed E-state index contributed by atoms with van der Waals surface area (Å²) in [7, 11) is 1.88. The van der Waals surface area contributed by atoms with Crippen LogP contribution in [0.25, 0.3) is 0 Å². The summed E-state index contributed by atoms with van der Waals surface area (Å²) in [6, 6.07) is 16.8. The van der Waals surface area contributed by atoms with Crippen molar-refractivity contribution in [3.8, 4) is 0 Å². The van der Waals surface area contributed by atoms with Gasteiger partial charge < -0.3 is 4.90 Å². The molecular formula is C21H25FN2O. The van der Waals surface area contributed by atoms with Crippen LogP contribution in [0.1, 0.15) is 24.0 Å². The van der Waals surface area contributed by atoms with E-state index < -0.39 is 0 Å². The van der Waals surface area contributed by atoms with E-state index in [0.29, 0.717) is 13.1 Å². The molecule has 1 aliphatic heterocycles. The molecule has 2 aromatic rings. The van der Waals surface area contributed by atoms with Gasteiger partial charge in [-0.2, -0.15) is 0 Å². The second-order valence-electron chi connectivity index (χ2n) is 6.88. The fourth-order valence-corrected chi connectivity index (χ4v) is 3.54. The second-order valence-corrected chi connectivity index (χ2v) is 6.88. The molecule has 3 nitrogen and oxygen atoms in total. The van der Waals surface area contributed by atoms with Crippen molar-refractivity contribution in [2.45, 2.75) is 25.9 Å². The van der Waals surface area contributed by atoms with Crippen molar-refractivity contribution in [3.63, 3.8) is 0 Å². The first-order valence-corrected chi connectivity index (χ1v) is 8.87. The van der Waals surface area contributed by atoms with E-state index in [1.54, 1.807) is 12.1 Å². The van der Waals surface area contributed by atoms with Gasteiger partial charge in [0.25, 0.3) is 0 Å². The maximum atomic E-state index is 13.4. The minimum Gasteiger partial charge on any atom is -0.341 e. The van der Waals surface area contributed by atoms with E-state index in [9.17, 15) is 9.18 Å². The number of benzene rings is 2. The number of hydrogen-bond acceptors (Lipinski definition) is 2. The Kier molecular flexibility index (Phi) is 5.82. The first-order valence-electron chi connectivity index (χ1n) is 8.87. The van der Waals surface area contributed by atoms with Gasteiger partial charge in [-0.05, 0) is 42.6 Å². The fraction of sp³-hybridized carbons (Fsp3) is 0.381. The standard InChI is InChI=1S/C21H25FN2O/c1-23(14-17-7-3-2-4-8-17)21(25)19-10-6-12-24(16-19)15-18-9-5-11-20(22)13-18/h2-5,7-9,11,13,19H,6,10,12,14-16H2,1H3. The van der Waals surface area contributed by atoms with Crippen LogP contribution in [0.15, 0.2) is 54.6 Å². The third kappa shape index (κ3) is 4.89. The quantitative estimate of drug-likeness (QED) is 0.829. The van der Waals surface area contributed by atoms with Crippen molar-refractivity contribution >= 4 is 5.91 Å². The van der Waals surface area contributed by atoms with Crippen LogP contribution in [0.4, 0.5) is 4.39 Å². The van der Waals surface area contributed by atoms with E-state index in [1.165, 1.54) is 6.07 Å². The van der Waals surface area contributed by atoms with Gasteiger partial charge in [0, 0.05) is 26.7 Å². The van der Waals surface area contributed by atoms with Gasteiger partial charge in [0.05, 0.1) is 5.92 Å². The van der Waals surface area contributed by atoms with Crippen LogP contribution in [-0.2, 0) is 17.9 Å². The molecule has 2 aromatic carbocycles. The number of nitrogens with zero attached hydrogens (tertiary/aromatic N) is 2. The molecule has 4 heteroatoms. The largest absolute Gasteiger partial charge is 0.341 e. The summed E-state index contributed by atoms with van der Waals surface area (Å²) in [5, 5.41) is 0. The third-order valence-electron chi connectivity index (χ3n) is 4.79. The van der Waals surface area contributed by atoms with E-state index in [-0.39, 0.29) is 17.6 Å². The molecule has 132 valence electrons. The van der Waals surface area contributed by atoms with Crippen molar-refractivity contribution in [3.05, 3.63) is 71.5 Å². The molecule has 0 aliphatic carbocycles. The number of rotatable bonds is 5. The average molecular weight is 340 g/mol. The van der Waals surface area contributed by atoms with Gasteiger partial charge in [-0.25, -0.2) is 4.39 Å². The lowest BCUT2D eigenvalue weighted by molar-refractivity contribution is -0.136. The second kappa shape index (κ2) is 8.26. The normalized spacial score (nSPS) is 18.1. The van der Waals surface area contributed by atoms with E-state index in [2.05, 4.69) is 4.90 Å². The molecule has 1 atom stereocenters. The van der Waals surface area contributed by atoms with E-state index in [0.717, 1.165) is 37.1 Å². The van der Waals surface area contributed by atoms with Crippen molar-refractivity contribution in [2.75, 3.05) is 20.1 Å². The van der Waals surface area contributed by atoms with Gasteiger partial charge in [-0.3, -0.25) is 9.69 Å². The molecule has 1 amide bonds. The fourth-order valence-electron chi connectivity index (χ4n) is 3.54. The van der Waals surface area contributed by atoms with Crippen LogP contribution in [0.2, 0.25) is 0 Å². The minimum absolute atomic E-state index is 0.0241. The predicted octanol–water partition coefficient (Wildman–Crippen LogP) is 3.70. The molecule has 1 unspecified atom stereocenters. The number of likely N-dealkylation sites (tertiary alicyclic amines) is 1. The number of carbonyl (C=O) groups excluding carboxylic acids is 1. The number of amides is 1. The Morgan fingerprint density at radius 3 is 2.68 bits per heavy atom. The Morgan fingerprint density at radius 2 is 1.92 bits per heavy atom. The molecule has 25 heavy (non-hydrogen) atoms. The number of hydrogen-bond donors (Lipinski definition) is 0. The molecule has 0 bridgehead atoms. The molecule has 0 spiro atoms. The van der Waals surface area contributed by atoms with Crippen LogP contribution in [-0.4, -0.2) is 35.8 Å². The van der Waals surface area contributed by atoms with Crippen molar-refractivity contribution in [2.24, 2.45) is 5.92 Å². The van der Waals surface area contributed by atoms with Crippen molar-refractivity contribution < 1.29 is 9.18 Å². The monoisotopic (exact) mass is 340 g/mol. The highest BCUT2D eigenvalue weighted by Crippen LogP contribution is 2.21. The lowest BCUT2D eigenvalue weighted by Crippen LogP contribution is -2.43. The number of carbonyl (C=O) groups is 1. The van der Waals surface area contributed by atoms with E-state index in [1.807, 2.05) is 48.3 Å². The summed E-state index contributed by atoms with van der Waals surface area (Å²) >= 11 is 0. The average Bonchev–Trinajstić information content (AvgIpc) is 2.62. The lowest BCUT2D eigenvalue weighted by atomic mass is 9.96. The maximum Gasteiger partial charge on any atom is 0.227 e. The van der Waals surface area contributed by atoms with E-state index in [4.69, 9.17) is 0 Å². The van der Waals surface area contributed by atoms with Crippen LogP contribution >= 0.6 is 0 Å². The molecule has 1 saturated heterocycles. The molecule has 1 fully saturated rings. The Bertz CT molecular complexity index is 704. The molecular weight excluding hydrogens is 315 g/mol. The highest BCUT2D eigenvalue weighted by Gasteiger charge is 2.28. The maximum absolute atomic E-state index is 13.4. The minimum atomic E-state index is -0.204. The number of piperidine rings is 1. The zero-order chi connectivity index (χ0) is 17.6. The summed E-state index contributed by atoms with van der Waals surface area (Å²) in [4.78, 5) is 16.9. The molecule has 1 heterocycles. The van der Waals surface area contributed by atoms with E-state index >= 15 is 0 Å². The third-order valence-corrected chi connectivity index (χ3v) is 4.79. The highest BCUT2D eigenvalue weighted by atomic mass is 19.1. The molecule has 1 aliphatic rings. The Morgan fingerprint density at radius 1 is 1.16 bits per heavy atom. The Hall–Kier alpha value is -2.20. The Balaban J connectivity index is 1.57. The Labute approximate surface area is 149 Å². The van der Waals surface area contributed by atoms with Gasteiger partial charge in [-0.1, -0.05) is 42.5 Å². The first-order chi connectivity index (χ1) is 12.1. The van der Waals surface area contributed by atoms with Crippen LogP contribution in [0.3, 0.4) is 0 Å². The summed E-state index contributed by atoms with van der Waals surface area (Å²) < 4.78 is 13.4. The van der Waals surface area contributed by atoms with Gasteiger partial charge >= 0.3 is 0 Å². The van der Waals surface area contributed by atoms with Crippen molar-refractivity contribution in [1.82, 2.24) is 9.80 Å². The topological polar surface area (TPSA) is 23.6 Å². The van der Waals surface area contributed by atoms with Crippen LogP contribution in [0, 0.1) is 11.7 Å². The van der Waals surface area contributed by atoms with Crippen molar-refractivity contribution in [1.29, 1.82) is 0 Å². The molecule has 0 saturated carbocycles. The van der Waals surface area contributed by atoms with Crippen LogP contribution < -0.4 is 0 Å². The first kappa shape index (κ1) is 17.6. The highest BCUT2D eigenvalue weighted by molar-refractivity contribution is 5.78. The molecule has 0 radical (unpaired) electrons. The molecule has 3 rings (SSSR count). The van der Waals surface area contributed by atoms with Gasteiger partial charge in [-0.15, -0.1) is 0 Å². The van der Waals surface area contributed by atoms with Crippen LogP contribution in [0.5, 0.6) is 0 Å². The summed E-state index contributed by atoms with van der Waals surface area (Å²) in [6.45, 7) is 3.04.